The van der Waals surface area contributed by atoms with Crippen molar-refractivity contribution in [3.63, 3.8) is 0 Å². The fourth-order valence-corrected chi connectivity index (χ4v) is 1.53. The molecule has 1 aromatic carbocycles. The highest BCUT2D eigenvalue weighted by molar-refractivity contribution is 5.74. The van der Waals surface area contributed by atoms with Crippen LogP contribution in [0.4, 0.5) is 0 Å². The van der Waals surface area contributed by atoms with Crippen molar-refractivity contribution in [2.75, 3.05) is 0 Å². The molecule has 0 bridgehead atoms. The Morgan fingerprint density at radius 2 is 1.93 bits per heavy atom. The van der Waals surface area contributed by atoms with E-state index in [1.807, 2.05) is 24.3 Å². The molecule has 0 amide bonds. The maximum Gasteiger partial charge on any atom is 0.124 e. The van der Waals surface area contributed by atoms with Gasteiger partial charge >= 0.3 is 0 Å². The lowest BCUT2D eigenvalue weighted by Gasteiger charge is -2.24. The lowest BCUT2D eigenvalue weighted by molar-refractivity contribution is 0.317. The largest absolute Gasteiger partial charge is 0.341 e. The van der Waals surface area contributed by atoms with Crippen molar-refractivity contribution in [3.8, 4) is 0 Å². The van der Waals surface area contributed by atoms with Gasteiger partial charge in [0.2, 0.25) is 0 Å². The minimum atomic E-state index is -0.0649. The molecule has 0 saturated carbocycles. The van der Waals surface area contributed by atoms with Crippen molar-refractivity contribution >= 4 is 11.0 Å². The van der Waals surface area contributed by atoms with Crippen LogP contribution in [0.2, 0.25) is 0 Å². The number of fused-ring (bicyclic) bond motifs is 1. The molecule has 15 heavy (non-hydrogen) atoms. The Hall–Kier alpha value is -1.35. The molecule has 0 aliphatic rings. The van der Waals surface area contributed by atoms with Crippen molar-refractivity contribution < 1.29 is 0 Å². The van der Waals surface area contributed by atoms with Gasteiger partial charge < -0.3 is 10.7 Å². The van der Waals surface area contributed by atoms with Crippen LogP contribution in [0.15, 0.2) is 24.3 Å². The fraction of sp³-hybridized carbons (Fsp3) is 0.417. The van der Waals surface area contributed by atoms with Gasteiger partial charge in [-0.25, -0.2) is 4.98 Å². The number of imidazole rings is 1. The minimum absolute atomic E-state index is 0.0217. The molecule has 0 radical (unpaired) electrons. The number of hydrogen-bond donors (Lipinski definition) is 2. The van der Waals surface area contributed by atoms with E-state index < -0.39 is 0 Å². The quantitative estimate of drug-likeness (QED) is 0.748. The van der Waals surface area contributed by atoms with Gasteiger partial charge in [0, 0.05) is 0 Å². The van der Waals surface area contributed by atoms with Crippen LogP contribution < -0.4 is 5.73 Å². The van der Waals surface area contributed by atoms with Crippen LogP contribution in [-0.2, 0) is 0 Å². The molecule has 80 valence electrons. The van der Waals surface area contributed by atoms with Gasteiger partial charge in [-0.15, -0.1) is 0 Å². The van der Waals surface area contributed by atoms with Crippen LogP contribution >= 0.6 is 0 Å². The smallest absolute Gasteiger partial charge is 0.124 e. The predicted octanol–water partition coefficient (Wildman–Crippen LogP) is 2.61. The highest BCUT2D eigenvalue weighted by Gasteiger charge is 2.24. The molecule has 0 aliphatic carbocycles. The molecule has 1 unspecified atom stereocenters. The topological polar surface area (TPSA) is 54.7 Å². The van der Waals surface area contributed by atoms with Gasteiger partial charge in [0.1, 0.15) is 5.82 Å². The summed E-state index contributed by atoms with van der Waals surface area (Å²) in [6.45, 7) is 6.35. The summed E-state index contributed by atoms with van der Waals surface area (Å²) in [5.74, 6) is 0.865. The van der Waals surface area contributed by atoms with Crippen molar-refractivity contribution in [2.45, 2.75) is 26.8 Å². The van der Waals surface area contributed by atoms with Crippen LogP contribution in [0, 0.1) is 5.41 Å². The summed E-state index contributed by atoms with van der Waals surface area (Å²) in [4.78, 5) is 7.76. The van der Waals surface area contributed by atoms with E-state index in [1.165, 1.54) is 0 Å². The summed E-state index contributed by atoms with van der Waals surface area (Å²) >= 11 is 0. The van der Waals surface area contributed by atoms with Gasteiger partial charge in [-0.05, 0) is 17.5 Å². The molecule has 0 spiro atoms. The number of hydrogen-bond acceptors (Lipinski definition) is 2. The van der Waals surface area contributed by atoms with Crippen LogP contribution in [-0.4, -0.2) is 9.97 Å². The van der Waals surface area contributed by atoms with Crippen LogP contribution in [0.25, 0.3) is 11.0 Å². The number of benzene rings is 1. The molecule has 1 heterocycles. The summed E-state index contributed by atoms with van der Waals surface area (Å²) < 4.78 is 0. The van der Waals surface area contributed by atoms with Crippen LogP contribution in [0.3, 0.4) is 0 Å². The van der Waals surface area contributed by atoms with E-state index in [0.717, 1.165) is 16.9 Å². The van der Waals surface area contributed by atoms with E-state index in [0.29, 0.717) is 0 Å². The highest BCUT2D eigenvalue weighted by atomic mass is 15.0. The first kappa shape index (κ1) is 10.2. The van der Waals surface area contributed by atoms with E-state index in [9.17, 15) is 0 Å². The van der Waals surface area contributed by atoms with Gasteiger partial charge in [-0.2, -0.15) is 0 Å². The predicted molar refractivity (Wildman–Crippen MR) is 62.5 cm³/mol. The molecular formula is C12H17N3. The Labute approximate surface area is 89.7 Å². The van der Waals surface area contributed by atoms with E-state index in [4.69, 9.17) is 5.73 Å². The summed E-state index contributed by atoms with van der Waals surface area (Å²) in [5.41, 5.74) is 8.19. The maximum absolute atomic E-state index is 6.14. The highest BCUT2D eigenvalue weighted by Crippen LogP contribution is 2.29. The number of nitrogens with zero attached hydrogens (tertiary/aromatic N) is 1. The second-order valence-corrected chi connectivity index (χ2v) is 4.98. The molecule has 3 N–H and O–H groups in total. The molecule has 0 aliphatic heterocycles. The zero-order valence-corrected chi connectivity index (χ0v) is 9.41. The first-order valence-electron chi connectivity index (χ1n) is 5.19. The number of rotatable bonds is 1. The van der Waals surface area contributed by atoms with Crippen molar-refractivity contribution in [3.05, 3.63) is 30.1 Å². The van der Waals surface area contributed by atoms with Crippen LogP contribution in [0.5, 0.6) is 0 Å². The number of nitrogens with two attached hydrogens (primary N) is 1. The Morgan fingerprint density at radius 3 is 2.53 bits per heavy atom. The molecule has 1 aromatic heterocycles. The monoisotopic (exact) mass is 203 g/mol. The van der Waals surface area contributed by atoms with Crippen molar-refractivity contribution in [2.24, 2.45) is 11.1 Å². The number of H-pyrrole nitrogens is 1. The van der Waals surface area contributed by atoms with Crippen molar-refractivity contribution in [1.82, 2.24) is 9.97 Å². The lowest BCUT2D eigenvalue weighted by atomic mass is 9.87. The van der Waals surface area contributed by atoms with E-state index in [2.05, 4.69) is 30.7 Å². The van der Waals surface area contributed by atoms with E-state index in [1.54, 1.807) is 0 Å². The average Bonchev–Trinajstić information content (AvgIpc) is 2.58. The Morgan fingerprint density at radius 1 is 1.27 bits per heavy atom. The molecule has 2 rings (SSSR count). The summed E-state index contributed by atoms with van der Waals surface area (Å²) in [5, 5.41) is 0. The summed E-state index contributed by atoms with van der Waals surface area (Å²) in [7, 11) is 0. The third-order valence-electron chi connectivity index (χ3n) is 2.64. The molecule has 3 nitrogen and oxygen atoms in total. The maximum atomic E-state index is 6.14. The zero-order chi connectivity index (χ0) is 11.1. The van der Waals surface area contributed by atoms with E-state index >= 15 is 0 Å². The second kappa shape index (κ2) is 3.35. The second-order valence-electron chi connectivity index (χ2n) is 4.98. The Balaban J connectivity index is 2.45. The molecule has 2 aromatic rings. The SMILES string of the molecule is CC(C)(C)C(N)c1nc2ccccc2[nH]1. The zero-order valence-electron chi connectivity index (χ0n) is 9.41. The standard InChI is InChI=1S/C12H17N3/c1-12(2,3)10(13)11-14-8-6-4-5-7-9(8)15-11/h4-7,10H,13H2,1-3H3,(H,14,15). The lowest BCUT2D eigenvalue weighted by Crippen LogP contribution is -2.27. The number of nitrogens with one attached hydrogen (secondary N) is 1. The molecular weight excluding hydrogens is 186 g/mol. The third-order valence-corrected chi connectivity index (χ3v) is 2.64. The van der Waals surface area contributed by atoms with Gasteiger partial charge in [-0.3, -0.25) is 0 Å². The number of para-hydroxylation sites is 2. The third kappa shape index (κ3) is 1.88. The Kier molecular flexibility index (Phi) is 2.27. The molecule has 0 fully saturated rings. The summed E-state index contributed by atoms with van der Waals surface area (Å²) in [6.07, 6.45) is 0. The van der Waals surface area contributed by atoms with E-state index in [-0.39, 0.29) is 11.5 Å². The first-order valence-corrected chi connectivity index (χ1v) is 5.19. The number of aromatic nitrogens is 2. The van der Waals surface area contributed by atoms with Crippen molar-refractivity contribution in [1.29, 1.82) is 0 Å². The Bertz CT molecular complexity index is 432. The van der Waals surface area contributed by atoms with Gasteiger partial charge in [0.25, 0.3) is 0 Å². The first-order chi connectivity index (χ1) is 6.98. The van der Waals surface area contributed by atoms with Gasteiger partial charge in [0.05, 0.1) is 17.1 Å². The fourth-order valence-electron chi connectivity index (χ4n) is 1.53. The molecule has 1 atom stereocenters. The number of aromatic amines is 1. The summed E-state index contributed by atoms with van der Waals surface area (Å²) in [6, 6.07) is 7.92. The van der Waals surface area contributed by atoms with Crippen LogP contribution in [0.1, 0.15) is 32.6 Å². The average molecular weight is 203 g/mol. The molecule has 3 heteroatoms. The van der Waals surface area contributed by atoms with Gasteiger partial charge in [-0.1, -0.05) is 32.9 Å². The minimum Gasteiger partial charge on any atom is -0.341 e. The van der Waals surface area contributed by atoms with Gasteiger partial charge in [0.15, 0.2) is 0 Å². The molecule has 0 saturated heterocycles. The normalized spacial score (nSPS) is 14.4.